The van der Waals surface area contributed by atoms with Gasteiger partial charge in [-0.15, -0.1) is 35.3 Å². The molecule has 6 nitrogen and oxygen atoms in total. The van der Waals surface area contributed by atoms with E-state index in [4.69, 9.17) is 4.74 Å². The molecule has 0 aliphatic carbocycles. The first-order valence-electron chi connectivity index (χ1n) is 11.4. The molecule has 0 bridgehead atoms. The van der Waals surface area contributed by atoms with Crippen LogP contribution in [0.25, 0.3) is 0 Å². The number of morpholine rings is 1. The zero-order valence-corrected chi connectivity index (χ0v) is 22.1. The lowest BCUT2D eigenvalue weighted by atomic mass is 10.2. The van der Waals surface area contributed by atoms with Gasteiger partial charge in [-0.3, -0.25) is 14.8 Å². The van der Waals surface area contributed by atoms with Crippen LogP contribution in [0.5, 0.6) is 0 Å². The summed E-state index contributed by atoms with van der Waals surface area (Å²) in [6.45, 7) is 7.55. The normalized spacial score (nSPS) is 21.2. The van der Waals surface area contributed by atoms with Gasteiger partial charge in [0.15, 0.2) is 5.96 Å². The topological polar surface area (TPSA) is 52.1 Å². The van der Waals surface area contributed by atoms with Crippen molar-refractivity contribution in [1.29, 1.82) is 0 Å². The Bertz CT molecular complexity index is 798. The predicted octanol–water partition coefficient (Wildman–Crippen LogP) is 3.57. The summed E-state index contributed by atoms with van der Waals surface area (Å²) in [5.74, 6) is 0.890. The van der Waals surface area contributed by atoms with Crippen LogP contribution in [-0.2, 0) is 11.3 Å². The molecule has 2 aliphatic rings. The number of ether oxygens (including phenoxy) is 1. The average molecular weight is 570 g/mol. The quantitative estimate of drug-likeness (QED) is 0.290. The number of nitrogens with one attached hydrogen (secondary N) is 2. The lowest BCUT2D eigenvalue weighted by Crippen LogP contribution is -2.48. The fraction of sp³-hybridized carbons (Fsp3) is 0.542. The van der Waals surface area contributed by atoms with Crippen molar-refractivity contribution in [3.8, 4) is 0 Å². The van der Waals surface area contributed by atoms with Crippen LogP contribution in [0.2, 0.25) is 0 Å². The molecule has 2 aromatic rings. The summed E-state index contributed by atoms with van der Waals surface area (Å²) in [4.78, 5) is 11.0. The molecule has 0 amide bonds. The molecule has 2 saturated heterocycles. The van der Waals surface area contributed by atoms with Crippen molar-refractivity contribution in [2.75, 3.05) is 53.0 Å². The molecule has 8 heteroatoms. The standard InChI is InChI=1S/C24H35N5OS.HI/c1-25-24(26-17-21-9-5-11-29(21)19-20-7-3-2-4-8-20)27-18-22(23-10-6-16-31-23)28-12-14-30-15-13-28;/h2-4,6-8,10,16,21-22H,5,9,11-15,17-19H2,1H3,(H2,25,26,27);1H. The van der Waals surface area contributed by atoms with Gasteiger partial charge in [0, 0.05) is 50.7 Å². The Morgan fingerprint density at radius 1 is 1.12 bits per heavy atom. The summed E-state index contributed by atoms with van der Waals surface area (Å²) in [6.07, 6.45) is 2.51. The average Bonchev–Trinajstić information content (AvgIpc) is 3.50. The van der Waals surface area contributed by atoms with E-state index in [9.17, 15) is 0 Å². The molecular weight excluding hydrogens is 533 g/mol. The van der Waals surface area contributed by atoms with Gasteiger partial charge in [0.1, 0.15) is 0 Å². The molecule has 0 saturated carbocycles. The van der Waals surface area contributed by atoms with E-state index in [0.29, 0.717) is 12.1 Å². The highest BCUT2D eigenvalue weighted by Crippen LogP contribution is 2.25. The van der Waals surface area contributed by atoms with Crippen molar-refractivity contribution in [2.45, 2.75) is 31.5 Å². The minimum absolute atomic E-state index is 0. The van der Waals surface area contributed by atoms with Crippen LogP contribution in [0.3, 0.4) is 0 Å². The maximum absolute atomic E-state index is 5.56. The van der Waals surface area contributed by atoms with Gasteiger partial charge < -0.3 is 15.4 Å². The van der Waals surface area contributed by atoms with Gasteiger partial charge in [0.25, 0.3) is 0 Å². The molecule has 2 unspecified atom stereocenters. The Kier molecular flexibility index (Phi) is 10.7. The molecule has 0 radical (unpaired) electrons. The van der Waals surface area contributed by atoms with Crippen LogP contribution < -0.4 is 10.6 Å². The van der Waals surface area contributed by atoms with Gasteiger partial charge in [-0.05, 0) is 36.4 Å². The van der Waals surface area contributed by atoms with Crippen molar-refractivity contribution < 1.29 is 4.74 Å². The molecule has 2 N–H and O–H groups in total. The molecule has 176 valence electrons. The van der Waals surface area contributed by atoms with Crippen LogP contribution in [0.4, 0.5) is 0 Å². The summed E-state index contributed by atoms with van der Waals surface area (Å²) < 4.78 is 5.56. The third-order valence-electron chi connectivity index (χ3n) is 6.28. The number of hydrogen-bond donors (Lipinski definition) is 2. The number of likely N-dealkylation sites (tertiary alicyclic amines) is 1. The Morgan fingerprint density at radius 3 is 2.66 bits per heavy atom. The fourth-order valence-corrected chi connectivity index (χ4v) is 5.42. The number of halogens is 1. The minimum Gasteiger partial charge on any atom is -0.379 e. The number of hydrogen-bond acceptors (Lipinski definition) is 5. The third kappa shape index (κ3) is 7.15. The maximum Gasteiger partial charge on any atom is 0.191 e. The van der Waals surface area contributed by atoms with E-state index in [2.05, 4.69) is 73.3 Å². The molecule has 0 spiro atoms. The molecular formula is C24H36IN5OS. The SMILES string of the molecule is CN=C(NCC1CCCN1Cc1ccccc1)NCC(c1cccs1)N1CCOCC1.I. The Labute approximate surface area is 213 Å². The Hall–Kier alpha value is -1.20. The highest BCUT2D eigenvalue weighted by Gasteiger charge is 2.26. The Balaban J connectivity index is 0.00000289. The number of thiophene rings is 1. The van der Waals surface area contributed by atoms with E-state index >= 15 is 0 Å². The lowest BCUT2D eigenvalue weighted by Gasteiger charge is -2.34. The predicted molar refractivity (Wildman–Crippen MR) is 144 cm³/mol. The van der Waals surface area contributed by atoms with E-state index in [0.717, 1.165) is 51.9 Å². The van der Waals surface area contributed by atoms with E-state index in [1.807, 2.05) is 18.4 Å². The van der Waals surface area contributed by atoms with Gasteiger partial charge in [0.2, 0.25) is 0 Å². The molecule has 32 heavy (non-hydrogen) atoms. The number of benzene rings is 1. The first-order chi connectivity index (χ1) is 15.3. The summed E-state index contributed by atoms with van der Waals surface area (Å²) in [6, 6.07) is 16.1. The highest BCUT2D eigenvalue weighted by molar-refractivity contribution is 14.0. The molecule has 4 rings (SSSR count). The second kappa shape index (κ2) is 13.5. The smallest absolute Gasteiger partial charge is 0.191 e. The van der Waals surface area contributed by atoms with Crippen LogP contribution in [0.1, 0.15) is 29.3 Å². The third-order valence-corrected chi connectivity index (χ3v) is 7.25. The van der Waals surface area contributed by atoms with Crippen LogP contribution >= 0.6 is 35.3 Å². The van der Waals surface area contributed by atoms with Gasteiger partial charge in [-0.2, -0.15) is 0 Å². The largest absolute Gasteiger partial charge is 0.379 e. The number of nitrogens with zero attached hydrogens (tertiary/aromatic N) is 3. The van der Waals surface area contributed by atoms with E-state index in [1.54, 1.807) is 0 Å². The van der Waals surface area contributed by atoms with Crippen molar-refractivity contribution in [3.63, 3.8) is 0 Å². The van der Waals surface area contributed by atoms with Gasteiger partial charge in [-0.1, -0.05) is 36.4 Å². The van der Waals surface area contributed by atoms with E-state index in [1.165, 1.54) is 29.8 Å². The summed E-state index contributed by atoms with van der Waals surface area (Å²) in [5.41, 5.74) is 1.39. The van der Waals surface area contributed by atoms with Crippen LogP contribution in [-0.4, -0.2) is 74.8 Å². The van der Waals surface area contributed by atoms with Crippen LogP contribution in [0.15, 0.2) is 52.8 Å². The fourth-order valence-electron chi connectivity index (χ4n) is 4.56. The minimum atomic E-state index is 0. The summed E-state index contributed by atoms with van der Waals surface area (Å²) in [5, 5.41) is 9.34. The number of aliphatic imine (C=N–C) groups is 1. The molecule has 1 aromatic heterocycles. The van der Waals surface area contributed by atoms with E-state index in [-0.39, 0.29) is 24.0 Å². The van der Waals surface area contributed by atoms with E-state index < -0.39 is 0 Å². The first kappa shape index (κ1) is 25.4. The van der Waals surface area contributed by atoms with Gasteiger partial charge >= 0.3 is 0 Å². The van der Waals surface area contributed by atoms with Crippen molar-refractivity contribution in [2.24, 2.45) is 4.99 Å². The number of rotatable bonds is 8. The molecule has 2 aliphatic heterocycles. The van der Waals surface area contributed by atoms with Gasteiger partial charge in [-0.25, -0.2) is 0 Å². The summed E-state index contributed by atoms with van der Waals surface area (Å²) >= 11 is 1.83. The first-order valence-corrected chi connectivity index (χ1v) is 12.3. The highest BCUT2D eigenvalue weighted by atomic mass is 127. The molecule has 2 fully saturated rings. The number of guanidine groups is 1. The second-order valence-electron chi connectivity index (χ2n) is 8.27. The van der Waals surface area contributed by atoms with Gasteiger partial charge in [0.05, 0.1) is 19.3 Å². The summed E-state index contributed by atoms with van der Waals surface area (Å²) in [7, 11) is 1.86. The van der Waals surface area contributed by atoms with Crippen molar-refractivity contribution >= 4 is 41.3 Å². The lowest BCUT2D eigenvalue weighted by molar-refractivity contribution is 0.0177. The molecule has 2 atom stereocenters. The molecule has 3 heterocycles. The monoisotopic (exact) mass is 569 g/mol. The zero-order valence-electron chi connectivity index (χ0n) is 18.9. The molecule has 1 aromatic carbocycles. The maximum atomic E-state index is 5.56. The van der Waals surface area contributed by atoms with Crippen LogP contribution in [0, 0.1) is 0 Å². The Morgan fingerprint density at radius 2 is 1.94 bits per heavy atom. The zero-order chi connectivity index (χ0) is 21.3. The second-order valence-corrected chi connectivity index (χ2v) is 9.24. The van der Waals surface area contributed by atoms with Crippen molar-refractivity contribution in [3.05, 3.63) is 58.3 Å². The van der Waals surface area contributed by atoms with Crippen molar-refractivity contribution in [1.82, 2.24) is 20.4 Å².